The first-order valence-electron chi connectivity index (χ1n) is 4.68. The van der Waals surface area contributed by atoms with Crippen LogP contribution in [0.1, 0.15) is 17.6 Å². The summed E-state index contributed by atoms with van der Waals surface area (Å²) in [5.74, 6) is -0.673. The number of thiophene rings is 1. The summed E-state index contributed by atoms with van der Waals surface area (Å²) in [5.41, 5.74) is 1.11. The van der Waals surface area contributed by atoms with Crippen LogP contribution in [0, 0.1) is 6.92 Å². The summed E-state index contributed by atoms with van der Waals surface area (Å²) in [5, 5.41) is 21.3. The zero-order valence-electron chi connectivity index (χ0n) is 8.56. The van der Waals surface area contributed by atoms with Gasteiger partial charge in [0.15, 0.2) is 0 Å². The van der Waals surface area contributed by atoms with Crippen LogP contribution in [0.2, 0.25) is 0 Å². The summed E-state index contributed by atoms with van der Waals surface area (Å²) < 4.78 is 4.64. The van der Waals surface area contributed by atoms with E-state index in [1.807, 2.05) is 18.4 Å². The minimum Gasteiger partial charge on any atom is -0.390 e. The molecule has 2 aromatic rings. The normalized spacial score (nSPS) is 12.6. The number of hydrogen-bond donors (Lipinski definition) is 3. The molecule has 7 heteroatoms. The van der Waals surface area contributed by atoms with Crippen LogP contribution in [0.3, 0.4) is 0 Å². The van der Waals surface area contributed by atoms with Crippen molar-refractivity contribution in [2.45, 2.75) is 13.0 Å². The maximum absolute atomic E-state index is 10.7. The van der Waals surface area contributed by atoms with E-state index in [1.165, 1.54) is 0 Å². The van der Waals surface area contributed by atoms with Crippen molar-refractivity contribution in [3.05, 3.63) is 33.5 Å². The van der Waals surface area contributed by atoms with E-state index in [1.54, 1.807) is 11.3 Å². The molecule has 0 aliphatic heterocycles. The Morgan fingerprint density at radius 3 is 3.12 bits per heavy atom. The largest absolute Gasteiger partial charge is 0.434 e. The van der Waals surface area contributed by atoms with Crippen LogP contribution in [0.5, 0.6) is 0 Å². The Balaban J connectivity index is 1.96. The number of anilines is 1. The van der Waals surface area contributed by atoms with Crippen molar-refractivity contribution in [2.75, 3.05) is 11.9 Å². The van der Waals surface area contributed by atoms with E-state index in [2.05, 4.69) is 19.9 Å². The number of H-pyrrole nitrogens is 1. The number of aliphatic hydroxyl groups excluding tert-OH is 1. The van der Waals surface area contributed by atoms with E-state index < -0.39 is 11.9 Å². The van der Waals surface area contributed by atoms with Crippen molar-refractivity contribution >= 4 is 16.3 Å². The Morgan fingerprint density at radius 2 is 2.56 bits per heavy atom. The third-order valence-corrected chi connectivity index (χ3v) is 3.03. The molecule has 0 aromatic carbocycles. The van der Waals surface area contributed by atoms with Gasteiger partial charge < -0.3 is 14.8 Å². The van der Waals surface area contributed by atoms with Gasteiger partial charge in [-0.3, -0.25) is 0 Å². The molecule has 0 spiro atoms. The summed E-state index contributed by atoms with van der Waals surface area (Å²) in [6, 6.07) is 1.98. The van der Waals surface area contributed by atoms with Crippen LogP contribution in [0.25, 0.3) is 0 Å². The van der Waals surface area contributed by atoms with Gasteiger partial charge in [-0.25, -0.2) is 9.89 Å². The molecule has 1 unspecified atom stereocenters. The number of aromatic amines is 1. The summed E-state index contributed by atoms with van der Waals surface area (Å²) in [6.07, 6.45) is -0.944. The second-order valence-corrected chi connectivity index (χ2v) is 4.20. The molecule has 0 radical (unpaired) electrons. The van der Waals surface area contributed by atoms with Gasteiger partial charge in [-0.2, -0.15) is 0 Å². The lowest BCUT2D eigenvalue weighted by atomic mass is 10.3. The number of aromatic nitrogens is 2. The molecule has 0 fully saturated rings. The van der Waals surface area contributed by atoms with Crippen molar-refractivity contribution in [1.82, 2.24) is 10.2 Å². The Labute approximate surface area is 94.9 Å². The molecule has 2 rings (SSSR count). The highest BCUT2D eigenvalue weighted by molar-refractivity contribution is 7.14. The van der Waals surface area contributed by atoms with Gasteiger partial charge >= 0.3 is 5.76 Å². The maximum atomic E-state index is 10.7. The van der Waals surface area contributed by atoms with Crippen LogP contribution >= 0.6 is 11.3 Å². The zero-order valence-corrected chi connectivity index (χ0v) is 9.37. The fourth-order valence-electron chi connectivity index (χ4n) is 1.21. The highest BCUT2D eigenvalue weighted by Crippen LogP contribution is 2.22. The number of aliphatic hydroxyl groups is 1. The van der Waals surface area contributed by atoms with Gasteiger partial charge in [0.1, 0.15) is 6.10 Å². The average molecular weight is 241 g/mol. The number of aryl methyl sites for hydroxylation is 1. The average Bonchev–Trinajstić information content (AvgIpc) is 2.84. The van der Waals surface area contributed by atoms with E-state index in [4.69, 9.17) is 0 Å². The van der Waals surface area contributed by atoms with E-state index >= 15 is 0 Å². The SMILES string of the molecule is Cc1ccsc1NCC(O)c1n[nH]c(=O)o1. The maximum Gasteiger partial charge on any atom is 0.434 e. The molecule has 86 valence electrons. The van der Waals surface area contributed by atoms with E-state index in [0.717, 1.165) is 10.6 Å². The minimum atomic E-state index is -0.944. The van der Waals surface area contributed by atoms with Crippen LogP contribution in [0.4, 0.5) is 5.00 Å². The van der Waals surface area contributed by atoms with E-state index in [0.29, 0.717) is 0 Å². The van der Waals surface area contributed by atoms with Crippen molar-refractivity contribution in [1.29, 1.82) is 0 Å². The Morgan fingerprint density at radius 1 is 1.75 bits per heavy atom. The van der Waals surface area contributed by atoms with Gasteiger partial charge in [-0.05, 0) is 23.9 Å². The number of nitrogens with zero attached hydrogens (tertiary/aromatic N) is 1. The monoisotopic (exact) mass is 241 g/mol. The van der Waals surface area contributed by atoms with Crippen molar-refractivity contribution in [3.63, 3.8) is 0 Å². The number of hydrogen-bond acceptors (Lipinski definition) is 6. The standard InChI is InChI=1S/C9H11N3O3S/c1-5-2-3-16-8(5)10-4-6(13)7-11-12-9(14)15-7/h2-3,6,10,13H,4H2,1H3,(H,12,14). The molecule has 0 aliphatic rings. The van der Waals surface area contributed by atoms with Crippen molar-refractivity contribution in [3.8, 4) is 0 Å². The van der Waals surface area contributed by atoms with E-state index in [-0.39, 0.29) is 12.4 Å². The second kappa shape index (κ2) is 4.50. The highest BCUT2D eigenvalue weighted by atomic mass is 32.1. The van der Waals surface area contributed by atoms with Gasteiger partial charge in [-0.1, -0.05) is 0 Å². The molecule has 0 bridgehead atoms. The lowest BCUT2D eigenvalue weighted by Crippen LogP contribution is -2.12. The Hall–Kier alpha value is -1.60. The predicted octanol–water partition coefficient (Wildman–Crippen LogP) is 0.878. The Bertz CT molecular complexity index is 516. The van der Waals surface area contributed by atoms with Gasteiger partial charge in [0.2, 0.25) is 5.89 Å². The quantitative estimate of drug-likeness (QED) is 0.739. The van der Waals surface area contributed by atoms with Crippen molar-refractivity contribution in [2.24, 2.45) is 0 Å². The molecule has 2 aromatic heterocycles. The Kier molecular flexibility index (Phi) is 3.07. The molecular formula is C9H11N3O3S. The molecule has 0 saturated carbocycles. The third-order valence-electron chi connectivity index (χ3n) is 2.06. The molecule has 16 heavy (non-hydrogen) atoms. The van der Waals surface area contributed by atoms with Gasteiger partial charge in [0.05, 0.1) is 11.5 Å². The van der Waals surface area contributed by atoms with Crippen LogP contribution in [0.15, 0.2) is 20.7 Å². The smallest absolute Gasteiger partial charge is 0.390 e. The predicted molar refractivity (Wildman–Crippen MR) is 59.6 cm³/mol. The first-order chi connectivity index (χ1) is 7.66. The first kappa shape index (κ1) is 10.9. The molecule has 6 nitrogen and oxygen atoms in total. The molecule has 0 saturated heterocycles. The van der Waals surface area contributed by atoms with Crippen LogP contribution in [-0.4, -0.2) is 21.8 Å². The highest BCUT2D eigenvalue weighted by Gasteiger charge is 2.14. The summed E-state index contributed by atoms with van der Waals surface area (Å²) in [7, 11) is 0. The third kappa shape index (κ3) is 2.31. The fourth-order valence-corrected chi connectivity index (χ4v) is 2.04. The fraction of sp³-hybridized carbons (Fsp3) is 0.333. The zero-order chi connectivity index (χ0) is 11.5. The molecule has 0 aliphatic carbocycles. The summed E-state index contributed by atoms with van der Waals surface area (Å²) in [4.78, 5) is 10.7. The molecule has 3 N–H and O–H groups in total. The molecular weight excluding hydrogens is 230 g/mol. The summed E-state index contributed by atoms with van der Waals surface area (Å²) >= 11 is 1.55. The lowest BCUT2D eigenvalue weighted by Gasteiger charge is -2.08. The van der Waals surface area contributed by atoms with Crippen molar-refractivity contribution < 1.29 is 9.52 Å². The number of rotatable bonds is 4. The van der Waals surface area contributed by atoms with Gasteiger partial charge in [0.25, 0.3) is 0 Å². The van der Waals surface area contributed by atoms with Crippen LogP contribution in [-0.2, 0) is 0 Å². The van der Waals surface area contributed by atoms with Gasteiger partial charge in [-0.15, -0.1) is 16.4 Å². The van der Waals surface area contributed by atoms with Crippen LogP contribution < -0.4 is 11.1 Å². The second-order valence-electron chi connectivity index (χ2n) is 3.28. The molecule has 1 atom stereocenters. The summed E-state index contributed by atoms with van der Waals surface area (Å²) in [6.45, 7) is 2.22. The topological polar surface area (TPSA) is 91.1 Å². The first-order valence-corrected chi connectivity index (χ1v) is 5.56. The minimum absolute atomic E-state index is 0.00768. The molecule has 0 amide bonds. The van der Waals surface area contributed by atoms with Gasteiger partial charge in [0, 0.05) is 0 Å². The molecule has 2 heterocycles. The lowest BCUT2D eigenvalue weighted by molar-refractivity contribution is 0.154. The number of nitrogens with one attached hydrogen (secondary N) is 2. The van der Waals surface area contributed by atoms with E-state index in [9.17, 15) is 9.90 Å².